The molecule has 5 heteroatoms. The number of fused-ring (bicyclic) bond motifs is 2. The number of hydrogen-bond donors (Lipinski definition) is 0. The molecule has 0 atom stereocenters. The molecule has 3 aromatic rings. The van der Waals surface area contributed by atoms with Crippen molar-refractivity contribution in [3.63, 3.8) is 0 Å². The summed E-state index contributed by atoms with van der Waals surface area (Å²) in [7, 11) is 0. The van der Waals surface area contributed by atoms with Gasteiger partial charge in [-0.25, -0.2) is 0 Å². The lowest BCUT2D eigenvalue weighted by atomic mass is 9.90. The lowest BCUT2D eigenvalue weighted by Crippen LogP contribution is -2.16. The van der Waals surface area contributed by atoms with Gasteiger partial charge in [-0.15, -0.1) is 6.58 Å². The first-order chi connectivity index (χ1) is 13.7. The first-order valence-corrected chi connectivity index (χ1v) is 10.6. The van der Waals surface area contributed by atoms with E-state index >= 15 is 0 Å². The van der Waals surface area contributed by atoms with E-state index in [1.165, 1.54) is 35.3 Å². The molecule has 0 bridgehead atoms. The number of rotatable bonds is 5. The van der Waals surface area contributed by atoms with Gasteiger partial charge in [0.15, 0.2) is 4.80 Å². The van der Waals surface area contributed by atoms with E-state index in [4.69, 9.17) is 4.74 Å². The van der Waals surface area contributed by atoms with Crippen LogP contribution >= 0.6 is 11.3 Å². The fourth-order valence-corrected chi connectivity index (χ4v) is 4.78. The predicted molar refractivity (Wildman–Crippen MR) is 114 cm³/mol. The molecule has 0 unspecified atom stereocenters. The van der Waals surface area contributed by atoms with Crippen molar-refractivity contribution in [1.82, 2.24) is 4.57 Å². The highest BCUT2D eigenvalue weighted by Crippen LogP contribution is 2.24. The van der Waals surface area contributed by atoms with Crippen LogP contribution in [0.4, 0.5) is 0 Å². The zero-order chi connectivity index (χ0) is 19.5. The topological polar surface area (TPSA) is 43.6 Å². The fourth-order valence-electron chi connectivity index (χ4n) is 3.72. The summed E-state index contributed by atoms with van der Waals surface area (Å²) in [5.74, 6) is 0.636. The zero-order valence-electron chi connectivity index (χ0n) is 16.1. The molecule has 0 N–H and O–H groups in total. The summed E-state index contributed by atoms with van der Waals surface area (Å²) in [5.41, 5.74) is 4.36. The van der Waals surface area contributed by atoms with Crippen molar-refractivity contribution in [3.05, 3.63) is 70.5 Å². The summed E-state index contributed by atoms with van der Waals surface area (Å²) in [4.78, 5) is 18.0. The lowest BCUT2D eigenvalue weighted by Gasteiger charge is -2.15. The van der Waals surface area contributed by atoms with Gasteiger partial charge in [0.1, 0.15) is 5.75 Å². The number of amides is 1. The van der Waals surface area contributed by atoms with Gasteiger partial charge in [0.2, 0.25) is 0 Å². The van der Waals surface area contributed by atoms with E-state index in [1.54, 1.807) is 0 Å². The molecule has 1 aliphatic carbocycles. The maximum absolute atomic E-state index is 12.9. The number of aryl methyl sites for hydroxylation is 2. The van der Waals surface area contributed by atoms with Crippen molar-refractivity contribution in [2.75, 3.05) is 6.61 Å². The van der Waals surface area contributed by atoms with Gasteiger partial charge in [0, 0.05) is 12.1 Å². The Morgan fingerprint density at radius 1 is 1.21 bits per heavy atom. The average Bonchev–Trinajstić information content (AvgIpc) is 3.04. The Hall–Kier alpha value is -2.66. The number of benzene rings is 2. The zero-order valence-corrected chi connectivity index (χ0v) is 16.9. The third-order valence-electron chi connectivity index (χ3n) is 5.07. The molecule has 1 aliphatic rings. The van der Waals surface area contributed by atoms with E-state index in [-0.39, 0.29) is 5.91 Å². The second-order valence-corrected chi connectivity index (χ2v) is 7.96. The first-order valence-electron chi connectivity index (χ1n) is 9.77. The third-order valence-corrected chi connectivity index (χ3v) is 6.11. The van der Waals surface area contributed by atoms with Gasteiger partial charge in [-0.1, -0.05) is 23.5 Å². The molecule has 2 aromatic carbocycles. The average molecular weight is 393 g/mol. The molecule has 1 amide bonds. The van der Waals surface area contributed by atoms with Crippen LogP contribution in [-0.2, 0) is 19.4 Å². The van der Waals surface area contributed by atoms with Gasteiger partial charge in [0.25, 0.3) is 5.91 Å². The predicted octanol–water partition coefficient (Wildman–Crippen LogP) is 4.91. The molecule has 0 saturated carbocycles. The molecule has 0 saturated heterocycles. The summed E-state index contributed by atoms with van der Waals surface area (Å²) in [5, 5.41) is 0. The molecule has 4 nitrogen and oxygen atoms in total. The maximum atomic E-state index is 12.9. The van der Waals surface area contributed by atoms with E-state index in [9.17, 15) is 4.79 Å². The Labute approximate surface area is 168 Å². The standard InChI is InChI=1S/C23H24N2O2S/c1-3-13-25-20-12-11-19(27-4-2)15-21(20)28-23(25)24-22(26)18-10-9-16-7-5-6-8-17(16)14-18/h3,9-12,14-15H,1,4-8,13H2,2H3. The van der Waals surface area contributed by atoms with Crippen molar-refractivity contribution < 1.29 is 9.53 Å². The Morgan fingerprint density at radius 3 is 2.82 bits per heavy atom. The largest absolute Gasteiger partial charge is 0.494 e. The maximum Gasteiger partial charge on any atom is 0.279 e. The van der Waals surface area contributed by atoms with Gasteiger partial charge in [0.05, 0.1) is 16.8 Å². The Kier molecular flexibility index (Phi) is 5.44. The van der Waals surface area contributed by atoms with Crippen LogP contribution in [0, 0.1) is 0 Å². The molecular weight excluding hydrogens is 368 g/mol. The van der Waals surface area contributed by atoms with Crippen LogP contribution in [0.5, 0.6) is 5.75 Å². The second-order valence-electron chi connectivity index (χ2n) is 6.95. The molecule has 1 aromatic heterocycles. The summed E-state index contributed by atoms with van der Waals surface area (Å²) in [6.07, 6.45) is 6.41. The Bertz CT molecular complexity index is 1110. The second kappa shape index (κ2) is 8.15. The highest BCUT2D eigenvalue weighted by Gasteiger charge is 2.14. The van der Waals surface area contributed by atoms with Crippen LogP contribution in [0.15, 0.2) is 54.0 Å². The van der Waals surface area contributed by atoms with Crippen molar-refractivity contribution >= 4 is 27.5 Å². The number of carbonyl (C=O) groups excluding carboxylic acids is 1. The minimum absolute atomic E-state index is 0.192. The Balaban J connectivity index is 1.76. The highest BCUT2D eigenvalue weighted by molar-refractivity contribution is 7.16. The van der Waals surface area contributed by atoms with Gasteiger partial charge in [-0.3, -0.25) is 4.79 Å². The van der Waals surface area contributed by atoms with E-state index in [2.05, 4.69) is 17.6 Å². The van der Waals surface area contributed by atoms with Crippen molar-refractivity contribution in [2.45, 2.75) is 39.2 Å². The summed E-state index contributed by atoms with van der Waals surface area (Å²) in [6, 6.07) is 12.0. The quantitative estimate of drug-likeness (QED) is 0.579. The summed E-state index contributed by atoms with van der Waals surface area (Å²) in [6.45, 7) is 7.04. The van der Waals surface area contributed by atoms with Crippen LogP contribution in [0.25, 0.3) is 10.2 Å². The molecule has 4 rings (SSSR count). The number of hydrogen-bond acceptors (Lipinski definition) is 3. The number of allylic oxidation sites excluding steroid dienone is 1. The van der Waals surface area contributed by atoms with E-state index < -0.39 is 0 Å². The van der Waals surface area contributed by atoms with Crippen molar-refractivity contribution in [3.8, 4) is 5.75 Å². The summed E-state index contributed by atoms with van der Waals surface area (Å²) < 4.78 is 8.68. The van der Waals surface area contributed by atoms with Crippen LogP contribution in [-0.4, -0.2) is 17.1 Å². The van der Waals surface area contributed by atoms with Crippen molar-refractivity contribution in [2.24, 2.45) is 4.99 Å². The van der Waals surface area contributed by atoms with Crippen LogP contribution < -0.4 is 9.54 Å². The molecule has 1 heterocycles. The monoisotopic (exact) mass is 392 g/mol. The van der Waals surface area contributed by atoms with E-state index in [1.807, 2.05) is 47.9 Å². The lowest BCUT2D eigenvalue weighted by molar-refractivity contribution is 0.0997. The SMILES string of the molecule is C=CCn1c(=NC(=O)c2ccc3c(c2)CCCC3)sc2cc(OCC)ccc21. The van der Waals surface area contributed by atoms with Gasteiger partial charge in [-0.2, -0.15) is 4.99 Å². The van der Waals surface area contributed by atoms with Gasteiger partial charge >= 0.3 is 0 Å². The number of thiazole rings is 1. The number of carbonyl (C=O) groups is 1. The van der Waals surface area contributed by atoms with Gasteiger partial charge in [-0.05, 0) is 74.1 Å². The molecule has 0 aliphatic heterocycles. The molecule has 0 fully saturated rings. The normalized spacial score (nSPS) is 14.1. The van der Waals surface area contributed by atoms with Gasteiger partial charge < -0.3 is 9.30 Å². The molecule has 0 spiro atoms. The third kappa shape index (κ3) is 3.67. The first kappa shape index (κ1) is 18.7. The molecular formula is C23H24N2O2S. The van der Waals surface area contributed by atoms with Crippen molar-refractivity contribution in [1.29, 1.82) is 0 Å². The van der Waals surface area contributed by atoms with Crippen LogP contribution in [0.2, 0.25) is 0 Å². The minimum Gasteiger partial charge on any atom is -0.494 e. The minimum atomic E-state index is -0.192. The molecule has 0 radical (unpaired) electrons. The molecule has 144 valence electrons. The Morgan fingerprint density at radius 2 is 2.04 bits per heavy atom. The van der Waals surface area contributed by atoms with Crippen LogP contribution in [0.3, 0.4) is 0 Å². The molecule has 28 heavy (non-hydrogen) atoms. The van der Waals surface area contributed by atoms with Crippen LogP contribution in [0.1, 0.15) is 41.3 Å². The van der Waals surface area contributed by atoms with E-state index in [0.717, 1.165) is 28.8 Å². The van der Waals surface area contributed by atoms with E-state index in [0.29, 0.717) is 23.5 Å². The fraction of sp³-hybridized carbons (Fsp3) is 0.304. The number of nitrogens with zero attached hydrogens (tertiary/aromatic N) is 2. The highest BCUT2D eigenvalue weighted by atomic mass is 32.1. The smallest absolute Gasteiger partial charge is 0.279 e. The number of aromatic nitrogens is 1. The summed E-state index contributed by atoms with van der Waals surface area (Å²) >= 11 is 1.50. The number of ether oxygens (including phenoxy) is 1.